The normalized spacial score (nSPS) is 14.2. The van der Waals surface area contributed by atoms with Crippen molar-refractivity contribution in [2.75, 3.05) is 25.0 Å². The number of amides is 2. The first kappa shape index (κ1) is 21.8. The maximum absolute atomic E-state index is 12.5. The first-order valence-corrected chi connectivity index (χ1v) is 11.1. The summed E-state index contributed by atoms with van der Waals surface area (Å²) in [4.78, 5) is 44.0. The van der Waals surface area contributed by atoms with Gasteiger partial charge in [0, 0.05) is 29.6 Å². The highest BCUT2D eigenvalue weighted by molar-refractivity contribution is 7.15. The summed E-state index contributed by atoms with van der Waals surface area (Å²) in [5.74, 6) is -0.533. The van der Waals surface area contributed by atoms with Crippen molar-refractivity contribution in [2.45, 2.75) is 19.8 Å². The Hall–Kier alpha value is -3.46. The Kier molecular flexibility index (Phi) is 6.65. The molecule has 1 aliphatic rings. The second kappa shape index (κ2) is 9.78. The number of furan rings is 1. The van der Waals surface area contributed by atoms with E-state index in [1.165, 1.54) is 17.6 Å². The van der Waals surface area contributed by atoms with Gasteiger partial charge in [-0.1, -0.05) is 18.2 Å². The Balaban J connectivity index is 1.25. The van der Waals surface area contributed by atoms with Gasteiger partial charge >= 0.3 is 5.97 Å². The largest absolute Gasteiger partial charge is 0.462 e. The van der Waals surface area contributed by atoms with Crippen molar-refractivity contribution in [3.05, 3.63) is 59.3 Å². The highest BCUT2D eigenvalue weighted by atomic mass is 32.1. The predicted octanol–water partition coefficient (Wildman–Crippen LogP) is 3.75. The number of thiazole rings is 1. The molecule has 0 radical (unpaired) electrons. The molecule has 1 saturated heterocycles. The number of carbonyl (C=O) groups is 3. The smallest absolute Gasteiger partial charge is 0.358 e. The van der Waals surface area contributed by atoms with Crippen LogP contribution in [0.25, 0.3) is 10.8 Å². The maximum atomic E-state index is 12.5. The van der Waals surface area contributed by atoms with Gasteiger partial charge in [-0.05, 0) is 44.0 Å². The van der Waals surface area contributed by atoms with Gasteiger partial charge in [-0.15, -0.1) is 11.3 Å². The third kappa shape index (κ3) is 5.05. The first-order chi connectivity index (χ1) is 15.5. The van der Waals surface area contributed by atoms with Crippen LogP contribution >= 0.6 is 11.3 Å². The van der Waals surface area contributed by atoms with Crippen molar-refractivity contribution in [1.29, 1.82) is 0 Å². The summed E-state index contributed by atoms with van der Waals surface area (Å²) < 4.78 is 10.5. The number of rotatable bonds is 6. The molecular formula is C23H23N3O5S. The minimum absolute atomic E-state index is 0.0407. The number of esters is 1. The number of hydrogen-bond donors (Lipinski definition) is 1. The predicted molar refractivity (Wildman–Crippen MR) is 119 cm³/mol. The van der Waals surface area contributed by atoms with Crippen molar-refractivity contribution in [3.63, 3.8) is 0 Å². The highest BCUT2D eigenvalue weighted by Gasteiger charge is 2.28. The van der Waals surface area contributed by atoms with E-state index < -0.39 is 5.97 Å². The van der Waals surface area contributed by atoms with E-state index in [1.807, 2.05) is 30.3 Å². The number of piperidine rings is 1. The van der Waals surface area contributed by atoms with E-state index in [9.17, 15) is 14.4 Å². The fourth-order valence-corrected chi connectivity index (χ4v) is 4.40. The summed E-state index contributed by atoms with van der Waals surface area (Å²) in [6.07, 6.45) is 2.67. The second-order valence-corrected chi connectivity index (χ2v) is 8.69. The van der Waals surface area contributed by atoms with E-state index in [2.05, 4.69) is 10.3 Å². The number of likely N-dealkylation sites (tertiary alicyclic amines) is 1. The van der Waals surface area contributed by atoms with Crippen LogP contribution in [0, 0.1) is 12.8 Å². The van der Waals surface area contributed by atoms with Gasteiger partial charge in [0.25, 0.3) is 5.91 Å². The summed E-state index contributed by atoms with van der Waals surface area (Å²) >= 11 is 1.33. The molecule has 8 nitrogen and oxygen atoms in total. The number of ether oxygens (including phenoxy) is 1. The number of hydrogen-bond acceptors (Lipinski definition) is 7. The average Bonchev–Trinajstić information content (AvgIpc) is 3.48. The lowest BCUT2D eigenvalue weighted by Crippen LogP contribution is -2.43. The van der Waals surface area contributed by atoms with Crippen molar-refractivity contribution in [2.24, 2.45) is 5.92 Å². The standard InChI is InChI=1S/C23H23N3O5S/c1-15-20(25-22(32-15)18-8-5-13-30-18)23(29)31-14-19(27)26-11-9-16(10-12-26)21(28)24-17-6-3-2-4-7-17/h2-8,13,16H,9-12,14H2,1H3,(H,24,28). The number of anilines is 1. The fourth-order valence-electron chi connectivity index (χ4n) is 3.54. The first-order valence-electron chi connectivity index (χ1n) is 10.3. The highest BCUT2D eigenvalue weighted by Crippen LogP contribution is 2.28. The number of aromatic nitrogens is 1. The molecule has 0 unspecified atom stereocenters. The molecule has 0 saturated carbocycles. The average molecular weight is 454 g/mol. The third-order valence-corrected chi connectivity index (χ3v) is 6.29. The number of carbonyl (C=O) groups excluding carboxylic acids is 3. The quantitative estimate of drug-likeness (QED) is 0.571. The second-order valence-electron chi connectivity index (χ2n) is 7.49. The van der Waals surface area contributed by atoms with E-state index in [-0.39, 0.29) is 30.0 Å². The van der Waals surface area contributed by atoms with Gasteiger partial charge in [-0.2, -0.15) is 0 Å². The van der Waals surface area contributed by atoms with Crippen LogP contribution in [-0.2, 0) is 14.3 Å². The van der Waals surface area contributed by atoms with Crippen LogP contribution < -0.4 is 5.32 Å². The van der Waals surface area contributed by atoms with Gasteiger partial charge in [0.1, 0.15) is 0 Å². The Bertz CT molecular complexity index is 1090. The van der Waals surface area contributed by atoms with Gasteiger partial charge < -0.3 is 19.4 Å². The van der Waals surface area contributed by atoms with Crippen molar-refractivity contribution in [1.82, 2.24) is 9.88 Å². The zero-order valence-corrected chi connectivity index (χ0v) is 18.4. The van der Waals surface area contributed by atoms with Gasteiger partial charge in [0.15, 0.2) is 23.1 Å². The van der Waals surface area contributed by atoms with Crippen LogP contribution in [0.4, 0.5) is 5.69 Å². The number of nitrogens with one attached hydrogen (secondary N) is 1. The summed E-state index contributed by atoms with van der Waals surface area (Å²) in [5.41, 5.74) is 0.945. The number of para-hydroxylation sites is 1. The Morgan fingerprint density at radius 2 is 1.91 bits per heavy atom. The van der Waals surface area contributed by atoms with Crippen LogP contribution in [0.1, 0.15) is 28.2 Å². The lowest BCUT2D eigenvalue weighted by atomic mass is 9.95. The topological polar surface area (TPSA) is 102 Å². The lowest BCUT2D eigenvalue weighted by Gasteiger charge is -2.31. The van der Waals surface area contributed by atoms with Gasteiger partial charge in [0.05, 0.1) is 6.26 Å². The molecule has 1 aromatic carbocycles. The molecule has 3 heterocycles. The van der Waals surface area contributed by atoms with E-state index >= 15 is 0 Å². The molecular weight excluding hydrogens is 430 g/mol. The van der Waals surface area contributed by atoms with E-state index in [1.54, 1.807) is 24.0 Å². The molecule has 2 aromatic heterocycles. The molecule has 0 spiro atoms. The molecule has 3 aromatic rings. The molecule has 9 heteroatoms. The maximum Gasteiger partial charge on any atom is 0.358 e. The van der Waals surface area contributed by atoms with Gasteiger partial charge in [-0.3, -0.25) is 9.59 Å². The molecule has 1 fully saturated rings. The van der Waals surface area contributed by atoms with Gasteiger partial charge in [-0.25, -0.2) is 9.78 Å². The molecule has 166 valence electrons. The Morgan fingerprint density at radius 1 is 1.16 bits per heavy atom. The molecule has 0 bridgehead atoms. The third-order valence-electron chi connectivity index (χ3n) is 5.31. The van der Waals surface area contributed by atoms with E-state index in [0.29, 0.717) is 41.6 Å². The van der Waals surface area contributed by atoms with Crippen LogP contribution in [0.5, 0.6) is 0 Å². The zero-order chi connectivity index (χ0) is 22.5. The minimum atomic E-state index is -0.637. The summed E-state index contributed by atoms with van der Waals surface area (Å²) in [7, 11) is 0. The summed E-state index contributed by atoms with van der Waals surface area (Å²) in [6.45, 7) is 2.31. The monoisotopic (exact) mass is 453 g/mol. The minimum Gasteiger partial charge on any atom is -0.462 e. The van der Waals surface area contributed by atoms with E-state index in [0.717, 1.165) is 5.69 Å². The lowest BCUT2D eigenvalue weighted by molar-refractivity contribution is -0.137. The van der Waals surface area contributed by atoms with Crippen molar-refractivity contribution < 1.29 is 23.5 Å². The number of aryl methyl sites for hydroxylation is 1. The van der Waals surface area contributed by atoms with Crippen LogP contribution in [-0.4, -0.2) is 47.4 Å². The van der Waals surface area contributed by atoms with Crippen LogP contribution in [0.3, 0.4) is 0 Å². The molecule has 4 rings (SSSR count). The SMILES string of the molecule is Cc1sc(-c2ccco2)nc1C(=O)OCC(=O)N1CCC(C(=O)Nc2ccccc2)CC1. The van der Waals surface area contributed by atoms with Crippen LogP contribution in [0.15, 0.2) is 53.1 Å². The Labute approximate surface area is 189 Å². The molecule has 1 N–H and O–H groups in total. The molecule has 32 heavy (non-hydrogen) atoms. The van der Waals surface area contributed by atoms with Crippen molar-refractivity contribution >= 4 is 34.8 Å². The Morgan fingerprint density at radius 3 is 2.59 bits per heavy atom. The number of benzene rings is 1. The van der Waals surface area contributed by atoms with Crippen molar-refractivity contribution in [3.8, 4) is 10.8 Å². The van der Waals surface area contributed by atoms with Gasteiger partial charge in [0.2, 0.25) is 5.91 Å². The molecule has 1 aliphatic heterocycles. The molecule has 0 atom stereocenters. The number of nitrogens with zero attached hydrogens (tertiary/aromatic N) is 2. The zero-order valence-electron chi connectivity index (χ0n) is 17.6. The summed E-state index contributed by atoms with van der Waals surface area (Å²) in [6, 6.07) is 12.8. The fraction of sp³-hybridized carbons (Fsp3) is 0.304. The van der Waals surface area contributed by atoms with Crippen LogP contribution in [0.2, 0.25) is 0 Å². The molecule has 0 aliphatic carbocycles. The van der Waals surface area contributed by atoms with E-state index in [4.69, 9.17) is 9.15 Å². The molecule has 2 amide bonds. The summed E-state index contributed by atoms with van der Waals surface area (Å²) in [5, 5.41) is 3.49.